The number of rotatable bonds is 5. The molecule has 1 heterocycles. The topological polar surface area (TPSA) is 24.5 Å². The van der Waals surface area contributed by atoms with Gasteiger partial charge in [0, 0.05) is 25.7 Å². The van der Waals surface area contributed by atoms with Crippen LogP contribution in [0.15, 0.2) is 0 Å². The van der Waals surface area contributed by atoms with Gasteiger partial charge in [0.25, 0.3) is 0 Å². The minimum absolute atomic E-state index is 0.00676. The van der Waals surface area contributed by atoms with Crippen LogP contribution in [0.5, 0.6) is 0 Å². The van der Waals surface area contributed by atoms with Crippen molar-refractivity contribution in [3.05, 3.63) is 0 Å². The number of hydrogen-bond acceptors (Lipinski definition) is 3. The van der Waals surface area contributed by atoms with Crippen LogP contribution >= 0.6 is 0 Å². The molecule has 0 aromatic rings. The summed E-state index contributed by atoms with van der Waals surface area (Å²) < 4.78 is 5.82. The molecule has 0 aromatic heterocycles. The molecule has 1 aliphatic carbocycles. The van der Waals surface area contributed by atoms with Crippen LogP contribution in [0.1, 0.15) is 40.0 Å². The van der Waals surface area contributed by atoms with Crippen molar-refractivity contribution in [1.82, 2.24) is 10.2 Å². The highest BCUT2D eigenvalue weighted by Gasteiger charge is 2.34. The average molecular weight is 240 g/mol. The van der Waals surface area contributed by atoms with Crippen LogP contribution < -0.4 is 5.32 Å². The molecule has 2 fully saturated rings. The van der Waals surface area contributed by atoms with Gasteiger partial charge < -0.3 is 10.1 Å². The maximum absolute atomic E-state index is 5.82. The van der Waals surface area contributed by atoms with Crippen molar-refractivity contribution in [2.75, 3.05) is 32.8 Å². The summed E-state index contributed by atoms with van der Waals surface area (Å²) in [7, 11) is 0. The van der Waals surface area contributed by atoms with Crippen molar-refractivity contribution in [3.8, 4) is 0 Å². The molecule has 1 N–H and O–H groups in total. The summed E-state index contributed by atoms with van der Waals surface area (Å²) in [5.41, 5.74) is -0.00676. The van der Waals surface area contributed by atoms with E-state index in [0.717, 1.165) is 25.1 Å². The highest BCUT2D eigenvalue weighted by Crippen LogP contribution is 2.33. The fourth-order valence-corrected chi connectivity index (χ4v) is 2.96. The fraction of sp³-hybridized carbons (Fsp3) is 1.00. The number of ether oxygens (including phenoxy) is 1. The van der Waals surface area contributed by atoms with Crippen molar-refractivity contribution in [2.45, 2.75) is 51.7 Å². The second kappa shape index (κ2) is 5.68. The average Bonchev–Trinajstić information content (AvgIpc) is 3.01. The Morgan fingerprint density at radius 3 is 2.76 bits per heavy atom. The molecule has 0 aromatic carbocycles. The van der Waals surface area contributed by atoms with E-state index in [1.165, 1.54) is 38.9 Å². The van der Waals surface area contributed by atoms with E-state index < -0.39 is 0 Å². The maximum atomic E-state index is 5.82. The number of hydrogen-bond donors (Lipinski definition) is 1. The maximum Gasteiger partial charge on any atom is 0.0752 e. The highest BCUT2D eigenvalue weighted by atomic mass is 16.5. The van der Waals surface area contributed by atoms with Gasteiger partial charge in [-0.15, -0.1) is 0 Å². The molecule has 0 bridgehead atoms. The molecule has 2 aliphatic rings. The third kappa shape index (κ3) is 4.23. The van der Waals surface area contributed by atoms with Crippen molar-refractivity contribution >= 4 is 0 Å². The van der Waals surface area contributed by atoms with Gasteiger partial charge in [-0.2, -0.15) is 0 Å². The van der Waals surface area contributed by atoms with Gasteiger partial charge in [0.15, 0.2) is 0 Å². The van der Waals surface area contributed by atoms with E-state index in [1.807, 2.05) is 0 Å². The lowest BCUT2D eigenvalue weighted by Crippen LogP contribution is -2.45. The summed E-state index contributed by atoms with van der Waals surface area (Å²) in [6.07, 6.45) is 4.13. The first-order chi connectivity index (χ1) is 8.11. The molecule has 0 radical (unpaired) electrons. The second-order valence-electron chi connectivity index (χ2n) is 6.18. The molecule has 0 amide bonds. The first-order valence-electron chi connectivity index (χ1n) is 7.20. The molecule has 1 atom stereocenters. The number of nitrogens with zero attached hydrogens (tertiary/aromatic N) is 1. The van der Waals surface area contributed by atoms with Gasteiger partial charge in [-0.1, -0.05) is 0 Å². The summed E-state index contributed by atoms with van der Waals surface area (Å²) >= 11 is 0. The molecule has 0 spiro atoms. The van der Waals surface area contributed by atoms with Crippen LogP contribution in [0.4, 0.5) is 0 Å². The zero-order valence-corrected chi connectivity index (χ0v) is 11.7. The van der Waals surface area contributed by atoms with Gasteiger partial charge in [0.2, 0.25) is 0 Å². The third-order valence-corrected chi connectivity index (χ3v) is 3.84. The van der Waals surface area contributed by atoms with Crippen LogP contribution in [0.25, 0.3) is 0 Å². The molecule has 1 unspecified atom stereocenters. The van der Waals surface area contributed by atoms with Crippen LogP contribution in [0.2, 0.25) is 0 Å². The zero-order valence-electron chi connectivity index (χ0n) is 11.7. The molecule has 100 valence electrons. The molecule has 3 heteroatoms. The van der Waals surface area contributed by atoms with Crippen LogP contribution in [-0.4, -0.2) is 49.3 Å². The Hall–Kier alpha value is -0.120. The SMILES string of the molecule is CCOC(C)(C)CN1CCCNC(C2CC2)C1. The first kappa shape index (κ1) is 13.3. The lowest BCUT2D eigenvalue weighted by molar-refractivity contribution is -0.0345. The third-order valence-electron chi connectivity index (χ3n) is 3.84. The summed E-state index contributed by atoms with van der Waals surface area (Å²) in [6.45, 7) is 12.0. The predicted octanol–water partition coefficient (Wildman–Crippen LogP) is 1.88. The Morgan fingerprint density at radius 2 is 2.12 bits per heavy atom. The monoisotopic (exact) mass is 240 g/mol. The van der Waals surface area contributed by atoms with Crippen LogP contribution in [-0.2, 0) is 4.74 Å². The van der Waals surface area contributed by atoms with Crippen molar-refractivity contribution in [2.24, 2.45) is 5.92 Å². The summed E-state index contributed by atoms with van der Waals surface area (Å²) in [5, 5.41) is 3.71. The molecule has 1 saturated carbocycles. The van der Waals surface area contributed by atoms with Crippen molar-refractivity contribution in [3.63, 3.8) is 0 Å². The Morgan fingerprint density at radius 1 is 1.35 bits per heavy atom. The van der Waals surface area contributed by atoms with Crippen LogP contribution in [0.3, 0.4) is 0 Å². The first-order valence-corrected chi connectivity index (χ1v) is 7.20. The van der Waals surface area contributed by atoms with Gasteiger partial charge in [-0.05, 0) is 59.0 Å². The van der Waals surface area contributed by atoms with Gasteiger partial charge in [-0.3, -0.25) is 4.90 Å². The molecular formula is C14H28N2O. The Bertz CT molecular complexity index is 238. The molecule has 1 saturated heterocycles. The smallest absolute Gasteiger partial charge is 0.0752 e. The van der Waals surface area contributed by atoms with Gasteiger partial charge in [-0.25, -0.2) is 0 Å². The van der Waals surface area contributed by atoms with Crippen LogP contribution in [0, 0.1) is 5.92 Å². The van der Waals surface area contributed by atoms with E-state index in [2.05, 4.69) is 31.0 Å². The van der Waals surface area contributed by atoms with E-state index in [9.17, 15) is 0 Å². The number of nitrogens with one attached hydrogen (secondary N) is 1. The fourth-order valence-electron chi connectivity index (χ4n) is 2.96. The molecule has 1 aliphatic heterocycles. The quantitative estimate of drug-likeness (QED) is 0.794. The Labute approximate surface area is 106 Å². The minimum Gasteiger partial charge on any atom is -0.375 e. The standard InChI is InChI=1S/C14H28N2O/c1-4-17-14(2,3)11-16-9-5-8-15-13(10-16)12-6-7-12/h12-13,15H,4-11H2,1-3H3. The van der Waals surface area contributed by atoms with E-state index >= 15 is 0 Å². The van der Waals surface area contributed by atoms with E-state index in [-0.39, 0.29) is 5.60 Å². The lowest BCUT2D eigenvalue weighted by atomic mass is 10.1. The normalized spacial score (nSPS) is 28.1. The van der Waals surface area contributed by atoms with E-state index in [1.54, 1.807) is 0 Å². The van der Waals surface area contributed by atoms with E-state index in [4.69, 9.17) is 4.74 Å². The molecular weight excluding hydrogens is 212 g/mol. The van der Waals surface area contributed by atoms with E-state index in [0.29, 0.717) is 0 Å². The van der Waals surface area contributed by atoms with Crippen molar-refractivity contribution in [1.29, 1.82) is 0 Å². The lowest BCUT2D eigenvalue weighted by Gasteiger charge is -2.33. The molecule has 3 nitrogen and oxygen atoms in total. The minimum atomic E-state index is -0.00676. The summed E-state index contributed by atoms with van der Waals surface area (Å²) in [6, 6.07) is 0.731. The highest BCUT2D eigenvalue weighted by molar-refractivity contribution is 4.91. The summed E-state index contributed by atoms with van der Waals surface area (Å²) in [4.78, 5) is 2.60. The van der Waals surface area contributed by atoms with Gasteiger partial charge in [0.05, 0.1) is 5.60 Å². The molecule has 17 heavy (non-hydrogen) atoms. The second-order valence-corrected chi connectivity index (χ2v) is 6.18. The Kier molecular flexibility index (Phi) is 4.45. The van der Waals surface area contributed by atoms with Gasteiger partial charge in [0.1, 0.15) is 0 Å². The molecule has 2 rings (SSSR count). The van der Waals surface area contributed by atoms with Crippen molar-refractivity contribution < 1.29 is 4.74 Å². The predicted molar refractivity (Wildman–Crippen MR) is 71.3 cm³/mol. The van der Waals surface area contributed by atoms with Gasteiger partial charge >= 0.3 is 0 Å². The largest absolute Gasteiger partial charge is 0.375 e. The Balaban J connectivity index is 1.85. The summed E-state index contributed by atoms with van der Waals surface area (Å²) in [5.74, 6) is 0.950. The zero-order chi connectivity index (χ0) is 12.3.